The summed E-state index contributed by atoms with van der Waals surface area (Å²) < 4.78 is 32.2. The lowest BCUT2D eigenvalue weighted by molar-refractivity contribution is -0.135. The predicted molar refractivity (Wildman–Crippen MR) is 121 cm³/mol. The smallest absolute Gasteiger partial charge is 0.298 e. The minimum atomic E-state index is -4.16. The van der Waals surface area contributed by atoms with Crippen LogP contribution >= 0.6 is 0 Å². The van der Waals surface area contributed by atoms with Crippen LogP contribution in [0, 0.1) is 0 Å². The monoisotopic (exact) mass is 444 g/mol. The van der Waals surface area contributed by atoms with Crippen molar-refractivity contribution >= 4 is 26.8 Å². The average Bonchev–Trinajstić information content (AvgIpc) is 2.78. The van der Waals surface area contributed by atoms with E-state index in [4.69, 9.17) is 9.92 Å². The molecular formula is C24H32N2O4S. The number of benzene rings is 2. The highest BCUT2D eigenvalue weighted by Crippen LogP contribution is 2.36. The van der Waals surface area contributed by atoms with Gasteiger partial charge in [-0.05, 0) is 55.5 Å². The lowest BCUT2D eigenvalue weighted by Crippen LogP contribution is -2.49. The molecule has 168 valence electrons. The molecule has 0 saturated heterocycles. The molecule has 2 saturated carbocycles. The Kier molecular flexibility index (Phi) is 6.65. The zero-order chi connectivity index (χ0) is 21.9. The van der Waals surface area contributed by atoms with Crippen LogP contribution in [0.15, 0.2) is 41.3 Å². The van der Waals surface area contributed by atoms with Crippen LogP contribution in [0.5, 0.6) is 0 Å². The van der Waals surface area contributed by atoms with Crippen molar-refractivity contribution in [1.82, 2.24) is 5.32 Å². The Bertz CT molecular complexity index is 1040. The first-order valence-electron chi connectivity index (χ1n) is 11.4. The number of hydrogen-bond donors (Lipinski definition) is 2. The standard InChI is InChI=1S/C24H32N2O4S/c25-23(27)24(15-7-2-8-16-24)30-31(28,29)22-14-13-18(20-11-5-6-12-21(20)22)17-26-19-9-3-1-4-10-19/h5-6,11-14,19,26H,1-4,7-10,15-17H2,(H2,25,27). The molecule has 2 fully saturated rings. The molecule has 2 aliphatic carbocycles. The van der Waals surface area contributed by atoms with Gasteiger partial charge in [-0.25, -0.2) is 4.18 Å². The second kappa shape index (κ2) is 9.27. The third-order valence-corrected chi connectivity index (χ3v) is 8.24. The first-order valence-corrected chi connectivity index (χ1v) is 12.8. The second-order valence-corrected chi connectivity index (χ2v) is 10.5. The fourth-order valence-electron chi connectivity index (χ4n) is 5.02. The number of carbonyl (C=O) groups excluding carboxylic acids is 1. The molecule has 0 radical (unpaired) electrons. The quantitative estimate of drug-likeness (QED) is 0.625. The Labute approximate surface area is 184 Å². The highest BCUT2D eigenvalue weighted by atomic mass is 32.2. The van der Waals surface area contributed by atoms with Gasteiger partial charge in [0.1, 0.15) is 4.90 Å². The SMILES string of the molecule is NC(=O)C1(OS(=O)(=O)c2ccc(CNC3CCCCC3)c3ccccc23)CCCCC1. The van der Waals surface area contributed by atoms with E-state index in [0.717, 1.165) is 30.2 Å². The van der Waals surface area contributed by atoms with Gasteiger partial charge >= 0.3 is 0 Å². The van der Waals surface area contributed by atoms with E-state index in [1.54, 1.807) is 12.1 Å². The van der Waals surface area contributed by atoms with Gasteiger partial charge in [-0.1, -0.05) is 56.0 Å². The molecule has 4 rings (SSSR count). The molecule has 2 aromatic rings. The normalized spacial score (nSPS) is 20.0. The molecule has 0 aromatic heterocycles. The van der Waals surface area contributed by atoms with E-state index in [-0.39, 0.29) is 4.90 Å². The predicted octanol–water partition coefficient (Wildman–Crippen LogP) is 4.16. The minimum Gasteiger partial charge on any atom is -0.367 e. The second-order valence-electron chi connectivity index (χ2n) is 8.94. The number of rotatable bonds is 7. The first kappa shape index (κ1) is 22.2. The molecule has 1 amide bonds. The maximum atomic E-state index is 13.3. The molecule has 0 aliphatic heterocycles. The lowest BCUT2D eigenvalue weighted by atomic mass is 9.84. The summed E-state index contributed by atoms with van der Waals surface area (Å²) in [4.78, 5) is 12.3. The molecule has 0 bridgehead atoms. The number of fused-ring (bicyclic) bond motifs is 1. The topological polar surface area (TPSA) is 98.5 Å². The first-order chi connectivity index (χ1) is 14.9. The van der Waals surface area contributed by atoms with E-state index < -0.39 is 21.6 Å². The Hall–Kier alpha value is -1.96. The molecule has 2 aromatic carbocycles. The van der Waals surface area contributed by atoms with Gasteiger partial charge in [0.2, 0.25) is 0 Å². The van der Waals surface area contributed by atoms with Crippen molar-refractivity contribution in [1.29, 1.82) is 0 Å². The maximum Gasteiger partial charge on any atom is 0.298 e. The van der Waals surface area contributed by atoms with Crippen molar-refractivity contribution in [2.45, 2.75) is 87.3 Å². The number of amides is 1. The van der Waals surface area contributed by atoms with Gasteiger partial charge in [-0.3, -0.25) is 4.79 Å². The van der Waals surface area contributed by atoms with E-state index in [2.05, 4.69) is 5.32 Å². The van der Waals surface area contributed by atoms with Crippen LogP contribution < -0.4 is 11.1 Å². The van der Waals surface area contributed by atoms with Crippen molar-refractivity contribution in [2.24, 2.45) is 5.73 Å². The van der Waals surface area contributed by atoms with Crippen molar-refractivity contribution in [3.63, 3.8) is 0 Å². The molecule has 7 heteroatoms. The average molecular weight is 445 g/mol. The number of carbonyl (C=O) groups is 1. The highest BCUT2D eigenvalue weighted by Gasteiger charge is 2.44. The molecular weight excluding hydrogens is 412 g/mol. The third-order valence-electron chi connectivity index (χ3n) is 6.81. The van der Waals surface area contributed by atoms with Gasteiger partial charge in [0.25, 0.3) is 16.0 Å². The van der Waals surface area contributed by atoms with Crippen molar-refractivity contribution in [2.75, 3.05) is 0 Å². The van der Waals surface area contributed by atoms with Crippen LogP contribution in [0.25, 0.3) is 10.8 Å². The Morgan fingerprint density at radius 2 is 1.61 bits per heavy atom. The van der Waals surface area contributed by atoms with Gasteiger partial charge in [-0.15, -0.1) is 0 Å². The van der Waals surface area contributed by atoms with Gasteiger partial charge in [-0.2, -0.15) is 8.42 Å². The zero-order valence-electron chi connectivity index (χ0n) is 17.9. The van der Waals surface area contributed by atoms with Crippen LogP contribution in [0.1, 0.15) is 69.8 Å². The summed E-state index contributed by atoms with van der Waals surface area (Å²) in [5.74, 6) is -0.701. The fourth-order valence-corrected chi connectivity index (χ4v) is 6.46. The van der Waals surface area contributed by atoms with Crippen LogP contribution in [0.2, 0.25) is 0 Å². The number of primary amides is 1. The number of hydrogen-bond acceptors (Lipinski definition) is 5. The van der Waals surface area contributed by atoms with Gasteiger partial charge in [0.15, 0.2) is 5.60 Å². The van der Waals surface area contributed by atoms with E-state index in [9.17, 15) is 13.2 Å². The number of nitrogens with one attached hydrogen (secondary N) is 1. The molecule has 2 aliphatic rings. The molecule has 0 spiro atoms. The van der Waals surface area contributed by atoms with Crippen molar-refractivity contribution in [3.05, 3.63) is 42.0 Å². The van der Waals surface area contributed by atoms with E-state index >= 15 is 0 Å². The molecule has 0 unspecified atom stereocenters. The van der Waals surface area contributed by atoms with E-state index in [1.165, 1.54) is 32.1 Å². The lowest BCUT2D eigenvalue weighted by Gasteiger charge is -2.33. The van der Waals surface area contributed by atoms with Gasteiger partial charge in [0.05, 0.1) is 0 Å². The Morgan fingerprint density at radius 3 is 2.29 bits per heavy atom. The summed E-state index contributed by atoms with van der Waals surface area (Å²) in [6.07, 6.45) is 9.27. The molecule has 0 atom stereocenters. The minimum absolute atomic E-state index is 0.0933. The Balaban J connectivity index is 1.63. The molecule has 0 heterocycles. The van der Waals surface area contributed by atoms with Crippen LogP contribution in [0.4, 0.5) is 0 Å². The van der Waals surface area contributed by atoms with Crippen LogP contribution in [0.3, 0.4) is 0 Å². The van der Waals surface area contributed by atoms with Gasteiger partial charge < -0.3 is 11.1 Å². The van der Waals surface area contributed by atoms with E-state index in [0.29, 0.717) is 30.8 Å². The molecule has 3 N–H and O–H groups in total. The molecule has 6 nitrogen and oxygen atoms in total. The molecule has 31 heavy (non-hydrogen) atoms. The number of nitrogens with two attached hydrogens (primary N) is 1. The summed E-state index contributed by atoms with van der Waals surface area (Å²) in [5.41, 5.74) is 5.21. The zero-order valence-corrected chi connectivity index (χ0v) is 18.8. The summed E-state index contributed by atoms with van der Waals surface area (Å²) in [5, 5.41) is 5.13. The van der Waals surface area contributed by atoms with Gasteiger partial charge in [0, 0.05) is 18.0 Å². The van der Waals surface area contributed by atoms with Crippen molar-refractivity contribution in [3.8, 4) is 0 Å². The highest BCUT2D eigenvalue weighted by molar-refractivity contribution is 7.87. The summed E-state index contributed by atoms with van der Waals surface area (Å²) in [6.45, 7) is 0.692. The third kappa shape index (κ3) is 4.78. The summed E-state index contributed by atoms with van der Waals surface area (Å²) in [6, 6.07) is 11.4. The fraction of sp³-hybridized carbons (Fsp3) is 0.542. The van der Waals surface area contributed by atoms with Crippen molar-refractivity contribution < 1.29 is 17.4 Å². The maximum absolute atomic E-state index is 13.3. The summed E-state index contributed by atoms with van der Waals surface area (Å²) in [7, 11) is -4.16. The van der Waals surface area contributed by atoms with Crippen LogP contribution in [-0.2, 0) is 25.6 Å². The van der Waals surface area contributed by atoms with Crippen LogP contribution in [-0.4, -0.2) is 26.0 Å². The summed E-state index contributed by atoms with van der Waals surface area (Å²) >= 11 is 0. The largest absolute Gasteiger partial charge is 0.367 e. The Morgan fingerprint density at radius 1 is 0.968 bits per heavy atom. The van der Waals surface area contributed by atoms with E-state index in [1.807, 2.05) is 24.3 Å².